The molecule has 3 aromatic heterocycles. The molecule has 1 aromatic carbocycles. The van der Waals surface area contributed by atoms with Crippen LogP contribution in [-0.2, 0) is 0 Å². The maximum absolute atomic E-state index is 12.5. The lowest BCUT2D eigenvalue weighted by Crippen LogP contribution is -2.12. The fraction of sp³-hybridized carbons (Fsp3) is 0.182. The monoisotopic (exact) mass is 399 g/mol. The molecule has 5 rings (SSSR count). The van der Waals surface area contributed by atoms with Crippen molar-refractivity contribution in [1.82, 2.24) is 24.7 Å². The van der Waals surface area contributed by atoms with Gasteiger partial charge in [-0.3, -0.25) is 9.20 Å². The lowest BCUT2D eigenvalue weighted by Gasteiger charge is -2.07. The van der Waals surface area contributed by atoms with Gasteiger partial charge in [0.15, 0.2) is 0 Å². The van der Waals surface area contributed by atoms with Crippen LogP contribution in [0.4, 0.5) is 11.6 Å². The number of carbonyl (C=O) groups excluding carboxylic acids is 1. The molecule has 30 heavy (non-hydrogen) atoms. The van der Waals surface area contributed by atoms with E-state index in [0.29, 0.717) is 23.1 Å². The van der Waals surface area contributed by atoms with Crippen molar-refractivity contribution >= 4 is 23.1 Å². The van der Waals surface area contributed by atoms with Crippen molar-refractivity contribution in [3.8, 4) is 11.3 Å². The highest BCUT2D eigenvalue weighted by molar-refractivity contribution is 6.04. The first kappa shape index (κ1) is 18.3. The van der Waals surface area contributed by atoms with E-state index in [2.05, 4.69) is 20.6 Å². The number of nitrogens with one attached hydrogen (secondary N) is 2. The summed E-state index contributed by atoms with van der Waals surface area (Å²) in [4.78, 5) is 25.8. The number of imidazole rings is 1. The number of benzene rings is 1. The fourth-order valence-corrected chi connectivity index (χ4v) is 3.86. The Morgan fingerprint density at radius 2 is 2.00 bits per heavy atom. The number of hydrogen-bond acceptors (Lipinski definition) is 6. The normalized spacial score (nSPS) is 16.1. The molecule has 1 saturated heterocycles. The van der Waals surface area contributed by atoms with Gasteiger partial charge in [0, 0.05) is 42.2 Å². The van der Waals surface area contributed by atoms with Crippen LogP contribution in [0.1, 0.15) is 28.5 Å². The lowest BCUT2D eigenvalue weighted by molar-refractivity contribution is 0.102. The third-order valence-electron chi connectivity index (χ3n) is 5.36. The van der Waals surface area contributed by atoms with Crippen LogP contribution in [-0.4, -0.2) is 38.3 Å². The van der Waals surface area contributed by atoms with E-state index in [1.807, 2.05) is 28.8 Å². The summed E-state index contributed by atoms with van der Waals surface area (Å²) in [5.41, 5.74) is 9.21. The van der Waals surface area contributed by atoms with Gasteiger partial charge in [0.1, 0.15) is 28.7 Å². The van der Waals surface area contributed by atoms with E-state index in [4.69, 9.17) is 10.7 Å². The van der Waals surface area contributed by atoms with Gasteiger partial charge in [-0.25, -0.2) is 15.0 Å². The molecule has 0 saturated carbocycles. The second kappa shape index (κ2) is 7.57. The zero-order valence-corrected chi connectivity index (χ0v) is 16.2. The summed E-state index contributed by atoms with van der Waals surface area (Å²) in [6, 6.07) is 12.7. The van der Waals surface area contributed by atoms with Gasteiger partial charge in [0.05, 0.1) is 0 Å². The zero-order valence-electron chi connectivity index (χ0n) is 16.2. The molecular weight excluding hydrogens is 378 g/mol. The first-order valence-corrected chi connectivity index (χ1v) is 9.86. The molecule has 1 aliphatic heterocycles. The Labute approximate surface area is 173 Å². The Balaban J connectivity index is 1.49. The molecule has 0 spiro atoms. The minimum atomic E-state index is -0.214. The van der Waals surface area contributed by atoms with Crippen LogP contribution in [0.15, 0.2) is 61.1 Å². The predicted octanol–water partition coefficient (Wildman–Crippen LogP) is 2.70. The summed E-state index contributed by atoms with van der Waals surface area (Å²) in [5, 5.41) is 6.18. The van der Waals surface area contributed by atoms with Crippen molar-refractivity contribution in [3.63, 3.8) is 0 Å². The van der Waals surface area contributed by atoms with Gasteiger partial charge in [-0.05, 0) is 37.2 Å². The second-order valence-corrected chi connectivity index (χ2v) is 7.29. The largest absolute Gasteiger partial charge is 0.382 e. The highest BCUT2D eigenvalue weighted by atomic mass is 16.1. The first-order valence-electron chi connectivity index (χ1n) is 9.86. The minimum absolute atomic E-state index is 0.214. The van der Waals surface area contributed by atoms with E-state index < -0.39 is 0 Å². The van der Waals surface area contributed by atoms with E-state index in [-0.39, 0.29) is 5.91 Å². The summed E-state index contributed by atoms with van der Waals surface area (Å²) < 4.78 is 2.04. The summed E-state index contributed by atoms with van der Waals surface area (Å²) in [7, 11) is 0. The Morgan fingerprint density at radius 1 is 1.13 bits per heavy atom. The number of anilines is 2. The molecule has 150 valence electrons. The Kier molecular flexibility index (Phi) is 4.61. The molecule has 1 amide bonds. The van der Waals surface area contributed by atoms with Gasteiger partial charge >= 0.3 is 0 Å². The highest BCUT2D eigenvalue weighted by Crippen LogP contribution is 2.32. The fourth-order valence-electron chi connectivity index (χ4n) is 3.86. The maximum atomic E-state index is 12.5. The van der Waals surface area contributed by atoms with Gasteiger partial charge in [-0.15, -0.1) is 0 Å². The third kappa shape index (κ3) is 3.27. The second-order valence-electron chi connectivity index (χ2n) is 7.29. The third-order valence-corrected chi connectivity index (χ3v) is 5.36. The van der Waals surface area contributed by atoms with Crippen molar-refractivity contribution in [2.75, 3.05) is 24.1 Å². The number of rotatable bonds is 4. The Hall–Kier alpha value is -3.78. The molecule has 4 heterocycles. The molecule has 8 nitrogen and oxygen atoms in total. The summed E-state index contributed by atoms with van der Waals surface area (Å²) in [6.45, 7) is 1.88. The number of nitrogens with zero attached hydrogens (tertiary/aromatic N) is 4. The number of pyridine rings is 1. The van der Waals surface area contributed by atoms with Crippen LogP contribution < -0.4 is 16.4 Å². The maximum Gasteiger partial charge on any atom is 0.256 e. The van der Waals surface area contributed by atoms with Gasteiger partial charge in [-0.1, -0.05) is 18.2 Å². The zero-order chi connectivity index (χ0) is 20.5. The molecule has 1 aliphatic rings. The lowest BCUT2D eigenvalue weighted by atomic mass is 10.1. The Morgan fingerprint density at radius 3 is 2.73 bits per heavy atom. The quantitative estimate of drug-likeness (QED) is 0.487. The molecule has 0 aliphatic carbocycles. The molecule has 1 atom stereocenters. The molecule has 0 radical (unpaired) electrons. The number of hydrogen-bond donors (Lipinski definition) is 3. The average Bonchev–Trinajstić information content (AvgIpc) is 3.43. The molecule has 4 N–H and O–H groups in total. The van der Waals surface area contributed by atoms with E-state index >= 15 is 0 Å². The van der Waals surface area contributed by atoms with Crippen LogP contribution in [0.25, 0.3) is 16.8 Å². The smallest absolute Gasteiger partial charge is 0.256 e. The number of amides is 1. The van der Waals surface area contributed by atoms with Crippen LogP contribution in [0, 0.1) is 0 Å². The van der Waals surface area contributed by atoms with Crippen molar-refractivity contribution in [1.29, 1.82) is 0 Å². The number of fused-ring (bicyclic) bond motifs is 1. The number of nitrogens with two attached hydrogens (primary N) is 1. The molecule has 1 unspecified atom stereocenters. The van der Waals surface area contributed by atoms with Crippen LogP contribution in [0.3, 0.4) is 0 Å². The SMILES string of the molecule is Nc1nccn2c(C3CCNC3)nc(-c3ccc(C(=O)Nc4ccccn4)cc3)c12. The summed E-state index contributed by atoms with van der Waals surface area (Å²) in [5.74, 6) is 2.05. The predicted molar refractivity (Wildman–Crippen MR) is 115 cm³/mol. The van der Waals surface area contributed by atoms with Crippen molar-refractivity contribution in [2.24, 2.45) is 0 Å². The van der Waals surface area contributed by atoms with Crippen molar-refractivity contribution in [2.45, 2.75) is 12.3 Å². The van der Waals surface area contributed by atoms with Crippen LogP contribution >= 0.6 is 0 Å². The minimum Gasteiger partial charge on any atom is -0.382 e. The summed E-state index contributed by atoms with van der Waals surface area (Å²) in [6.07, 6.45) is 6.28. The summed E-state index contributed by atoms with van der Waals surface area (Å²) >= 11 is 0. The van der Waals surface area contributed by atoms with Crippen molar-refractivity contribution in [3.05, 3.63) is 72.4 Å². The molecule has 0 bridgehead atoms. The molecule has 1 fully saturated rings. The standard InChI is InChI=1S/C22H21N7O/c23-20-19-18(28-21(16-8-10-24-13-16)29(19)12-11-26-20)14-4-6-15(7-5-14)22(30)27-17-3-1-2-9-25-17/h1-7,9,11-12,16,24H,8,10,13H2,(H2,23,26)(H,25,27,30). The molecular formula is C22H21N7O. The van der Waals surface area contributed by atoms with Gasteiger partial charge < -0.3 is 16.4 Å². The molecule has 4 aromatic rings. The number of aromatic nitrogens is 4. The topological polar surface area (TPSA) is 110 Å². The Bertz CT molecular complexity index is 1200. The van der Waals surface area contributed by atoms with Gasteiger partial charge in [0.2, 0.25) is 0 Å². The average molecular weight is 399 g/mol. The van der Waals surface area contributed by atoms with Gasteiger partial charge in [-0.2, -0.15) is 0 Å². The van der Waals surface area contributed by atoms with E-state index in [9.17, 15) is 4.79 Å². The van der Waals surface area contributed by atoms with Crippen molar-refractivity contribution < 1.29 is 4.79 Å². The van der Waals surface area contributed by atoms with Crippen LogP contribution in [0.5, 0.6) is 0 Å². The van der Waals surface area contributed by atoms with Gasteiger partial charge in [0.25, 0.3) is 5.91 Å². The van der Waals surface area contributed by atoms with E-state index in [1.165, 1.54) is 0 Å². The van der Waals surface area contributed by atoms with Crippen LogP contribution in [0.2, 0.25) is 0 Å². The molecule has 8 heteroatoms. The first-order chi connectivity index (χ1) is 14.7. The van der Waals surface area contributed by atoms with E-state index in [0.717, 1.165) is 42.1 Å². The van der Waals surface area contributed by atoms with E-state index in [1.54, 1.807) is 36.7 Å². The number of nitrogen functional groups attached to an aromatic ring is 1. The number of carbonyl (C=O) groups is 1. The highest BCUT2D eigenvalue weighted by Gasteiger charge is 2.25.